The molecule has 2 bridgehead atoms. The Morgan fingerprint density at radius 3 is 1.84 bits per heavy atom. The minimum atomic E-state index is -1.02. The molecule has 5 amide bonds. The van der Waals surface area contributed by atoms with Gasteiger partial charge in [0, 0.05) is 24.5 Å². The zero-order valence-electron chi connectivity index (χ0n) is 34.8. The second kappa shape index (κ2) is 25.3. The summed E-state index contributed by atoms with van der Waals surface area (Å²) >= 11 is 12.2. The van der Waals surface area contributed by atoms with Gasteiger partial charge in [-0.05, 0) is 99.1 Å². The number of nitrogens with two attached hydrogens (primary N) is 2. The molecule has 0 saturated carbocycles. The van der Waals surface area contributed by atoms with Crippen LogP contribution in [0.2, 0.25) is 10.0 Å². The van der Waals surface area contributed by atoms with Gasteiger partial charge < -0.3 is 37.6 Å². The smallest absolute Gasteiger partial charge is 0.245 e. The quantitative estimate of drug-likeness (QED) is 0.0812. The van der Waals surface area contributed by atoms with Crippen LogP contribution < -0.4 is 32.7 Å². The summed E-state index contributed by atoms with van der Waals surface area (Å²) < 4.78 is 0. The third-order valence-electron chi connectivity index (χ3n) is 11.2. The molecule has 0 radical (unpaired) electrons. The lowest BCUT2D eigenvalue weighted by Crippen LogP contribution is -2.60. The summed E-state index contributed by atoms with van der Waals surface area (Å²) in [4.78, 5) is 71.1. The maximum atomic E-state index is 14.4. The lowest BCUT2D eigenvalue weighted by molar-refractivity contribution is -0.141. The van der Waals surface area contributed by atoms with Crippen LogP contribution in [0.1, 0.15) is 81.9 Å². The van der Waals surface area contributed by atoms with E-state index in [1.54, 1.807) is 18.2 Å². The number of rotatable bonds is 20. The molecule has 5 rings (SSSR count). The fraction of sp³-hybridized carbons (Fsp3) is 0.489. The Bertz CT molecular complexity index is 1880. The number of amides is 5. The van der Waals surface area contributed by atoms with E-state index in [2.05, 4.69) is 21.3 Å². The predicted octanol–water partition coefficient (Wildman–Crippen LogP) is 5.46. The van der Waals surface area contributed by atoms with E-state index in [9.17, 15) is 24.0 Å². The van der Waals surface area contributed by atoms with Crippen molar-refractivity contribution in [2.24, 2.45) is 17.4 Å². The van der Waals surface area contributed by atoms with E-state index in [1.165, 1.54) is 0 Å². The first-order valence-electron chi connectivity index (χ1n) is 20.8. The van der Waals surface area contributed by atoms with Gasteiger partial charge in [0.25, 0.3) is 0 Å². The van der Waals surface area contributed by atoms with Gasteiger partial charge in [-0.1, -0.05) is 104 Å². The number of hydrogen-bond acceptors (Lipinski definition) is 7. The van der Waals surface area contributed by atoms with Gasteiger partial charge >= 0.3 is 0 Å². The van der Waals surface area contributed by atoms with Crippen LogP contribution in [0.3, 0.4) is 0 Å². The molecule has 61 heavy (non-hydrogen) atoms. The first kappa shape index (κ1) is 51.4. The highest BCUT2D eigenvalue weighted by atomic mass is 35.5. The lowest BCUT2D eigenvalue weighted by Gasteiger charge is -2.41. The first-order chi connectivity index (χ1) is 28.3. The Balaban J connectivity index is 0.00000496. The Morgan fingerprint density at radius 1 is 0.705 bits per heavy atom. The summed E-state index contributed by atoms with van der Waals surface area (Å²) in [5.74, 6) is -1.76. The van der Waals surface area contributed by atoms with Crippen LogP contribution in [-0.4, -0.2) is 83.3 Å². The molecule has 2 aliphatic heterocycles. The van der Waals surface area contributed by atoms with Crippen molar-refractivity contribution in [3.8, 4) is 0 Å². The van der Waals surface area contributed by atoms with E-state index in [0.29, 0.717) is 61.5 Å². The normalized spacial score (nSPS) is 18.7. The summed E-state index contributed by atoms with van der Waals surface area (Å²) in [5.41, 5.74) is 14.6. The second-order valence-corrected chi connectivity index (χ2v) is 17.2. The van der Waals surface area contributed by atoms with Crippen molar-refractivity contribution in [2.45, 2.75) is 127 Å². The highest BCUT2D eigenvalue weighted by molar-refractivity contribution is 6.42. The molecule has 3 aromatic carbocycles. The molecular weight excluding hydrogens is 860 g/mol. The second-order valence-electron chi connectivity index (χ2n) is 16.4. The van der Waals surface area contributed by atoms with Crippen molar-refractivity contribution in [2.75, 3.05) is 6.54 Å². The topological polar surface area (TPSA) is 189 Å². The Labute approximate surface area is 382 Å². The molecular formula is C45H61Cl4N7O5. The lowest BCUT2D eigenvalue weighted by atomic mass is 9.95. The first-order valence-corrected chi connectivity index (χ1v) is 21.6. The molecule has 2 aliphatic rings. The monoisotopic (exact) mass is 919 g/mol. The van der Waals surface area contributed by atoms with Crippen molar-refractivity contribution in [1.82, 2.24) is 26.2 Å². The Kier molecular flexibility index (Phi) is 21.3. The molecule has 2 unspecified atom stereocenters. The molecule has 2 heterocycles. The molecule has 12 nitrogen and oxygen atoms in total. The Hall–Kier alpha value is -3.91. The molecule has 8 N–H and O–H groups in total. The number of halogens is 4. The number of benzene rings is 3. The number of unbranched alkanes of at least 4 members (excludes halogenated alkanes) is 1. The number of fused-ring (bicyclic) bond motifs is 2. The van der Waals surface area contributed by atoms with E-state index >= 15 is 0 Å². The average molecular weight is 922 g/mol. The van der Waals surface area contributed by atoms with Crippen LogP contribution in [0.15, 0.2) is 78.9 Å². The van der Waals surface area contributed by atoms with E-state index in [-0.39, 0.29) is 73.5 Å². The van der Waals surface area contributed by atoms with Crippen LogP contribution >= 0.6 is 48.0 Å². The van der Waals surface area contributed by atoms with Gasteiger partial charge in [0.15, 0.2) is 0 Å². The zero-order chi connectivity index (χ0) is 42.5. The average Bonchev–Trinajstić information content (AvgIpc) is 3.47. The van der Waals surface area contributed by atoms with Crippen molar-refractivity contribution in [1.29, 1.82) is 0 Å². The van der Waals surface area contributed by atoms with Crippen LogP contribution in [-0.2, 0) is 43.2 Å². The minimum absolute atomic E-state index is 0. The fourth-order valence-corrected chi connectivity index (χ4v) is 8.57. The maximum absolute atomic E-state index is 14.4. The van der Waals surface area contributed by atoms with Crippen LogP contribution in [0, 0.1) is 5.92 Å². The summed E-state index contributed by atoms with van der Waals surface area (Å²) in [6, 6.07) is 19.9. The molecule has 16 heteroatoms. The van der Waals surface area contributed by atoms with Gasteiger partial charge in [0.1, 0.15) is 18.1 Å². The predicted molar refractivity (Wildman–Crippen MR) is 246 cm³/mol. The fourth-order valence-electron chi connectivity index (χ4n) is 8.24. The van der Waals surface area contributed by atoms with Crippen molar-refractivity contribution in [3.63, 3.8) is 0 Å². The van der Waals surface area contributed by atoms with Crippen LogP contribution in [0.25, 0.3) is 0 Å². The van der Waals surface area contributed by atoms with Gasteiger partial charge in [-0.3, -0.25) is 24.0 Å². The highest BCUT2D eigenvalue weighted by Crippen LogP contribution is 2.37. The molecule has 6 atom stereocenters. The number of carbonyl (C=O) groups excluding carboxylic acids is 5. The largest absolute Gasteiger partial charge is 0.353 e. The summed E-state index contributed by atoms with van der Waals surface area (Å²) in [7, 11) is 0. The van der Waals surface area contributed by atoms with Gasteiger partial charge in [0.05, 0.1) is 22.5 Å². The maximum Gasteiger partial charge on any atom is 0.245 e. The van der Waals surface area contributed by atoms with Gasteiger partial charge in [-0.15, -0.1) is 24.8 Å². The summed E-state index contributed by atoms with van der Waals surface area (Å²) in [6.45, 7) is 4.35. The van der Waals surface area contributed by atoms with Gasteiger partial charge in [-0.25, -0.2) is 0 Å². The third-order valence-corrected chi connectivity index (χ3v) is 11.9. The SMILES string of the molecule is CC(C)C[C@@H](NC(=O)[C@@H](Cc1ccccc1)NC(=O)[C@H](N)Cc1ccccc1)C(=O)N[C@H](CCCCN)C(=O)N1C2CCC1CC(NC(=O)Cc1ccc(Cl)c(Cl)c1)C2.Cl.Cl. The summed E-state index contributed by atoms with van der Waals surface area (Å²) in [5, 5.41) is 12.8. The van der Waals surface area contributed by atoms with E-state index in [0.717, 1.165) is 29.5 Å². The van der Waals surface area contributed by atoms with E-state index in [4.69, 9.17) is 34.7 Å². The van der Waals surface area contributed by atoms with Crippen molar-refractivity contribution < 1.29 is 24.0 Å². The molecule has 2 fully saturated rings. The highest BCUT2D eigenvalue weighted by Gasteiger charge is 2.45. The number of carbonyl (C=O) groups is 5. The van der Waals surface area contributed by atoms with Crippen LogP contribution in [0.4, 0.5) is 0 Å². The van der Waals surface area contributed by atoms with E-state index in [1.807, 2.05) is 79.4 Å². The molecule has 0 aromatic heterocycles. The number of piperidine rings is 1. The molecule has 0 aliphatic carbocycles. The third kappa shape index (κ3) is 15.4. The molecule has 3 aromatic rings. The van der Waals surface area contributed by atoms with Crippen molar-refractivity contribution in [3.05, 3.63) is 106 Å². The molecule has 0 spiro atoms. The van der Waals surface area contributed by atoms with Crippen LogP contribution in [0.5, 0.6) is 0 Å². The van der Waals surface area contributed by atoms with Gasteiger partial charge in [-0.2, -0.15) is 0 Å². The van der Waals surface area contributed by atoms with Crippen molar-refractivity contribution >= 4 is 77.6 Å². The van der Waals surface area contributed by atoms with E-state index < -0.39 is 41.9 Å². The number of nitrogens with one attached hydrogen (secondary N) is 4. The molecule has 334 valence electrons. The van der Waals surface area contributed by atoms with Gasteiger partial charge in [0.2, 0.25) is 29.5 Å². The number of hydrogen-bond donors (Lipinski definition) is 6. The number of nitrogens with zero attached hydrogens (tertiary/aromatic N) is 1. The standard InChI is InChI=1S/C45H59Cl2N7O5.2ClH/c1-28(2)21-39(53-44(58)40(24-30-13-7-4-8-14-30)52-42(56)37(49)23-29-11-5-3-6-12-29)43(57)51-38(15-9-10-20-48)45(59)54-33-17-18-34(54)27-32(26-33)50-41(55)25-31-16-19-35(46)36(47)22-31;;/h3-8,11-14,16,19,22,28,32-34,37-40H,9-10,15,17-18,20-21,23-27,48-49H2,1-2H3,(H,50,55)(H,51,57)(H,52,56)(H,53,58);2*1H/t32?,33?,34?,37-,38-,39-,40-;;/m1../s1. The Morgan fingerprint density at radius 2 is 1.26 bits per heavy atom. The summed E-state index contributed by atoms with van der Waals surface area (Å²) in [6.07, 6.45) is 5.44. The molecule has 2 saturated heterocycles. The minimum Gasteiger partial charge on any atom is -0.353 e. The zero-order valence-corrected chi connectivity index (χ0v) is 38.0.